The van der Waals surface area contributed by atoms with E-state index >= 15 is 0 Å². The second-order valence-electron chi connectivity index (χ2n) is 6.56. The lowest BCUT2D eigenvalue weighted by Gasteiger charge is -2.09. The molecular formula is C20H13N7O4. The molecule has 0 aliphatic rings. The van der Waals surface area contributed by atoms with Gasteiger partial charge < -0.3 is 9.26 Å². The van der Waals surface area contributed by atoms with E-state index in [1.165, 1.54) is 10.7 Å². The van der Waals surface area contributed by atoms with E-state index in [0.717, 1.165) is 17.1 Å². The molecule has 0 saturated heterocycles. The second kappa shape index (κ2) is 7.71. The summed E-state index contributed by atoms with van der Waals surface area (Å²) in [7, 11) is 0. The molecule has 0 bridgehead atoms. The molecule has 152 valence electrons. The van der Waals surface area contributed by atoms with Crippen LogP contribution in [-0.4, -0.2) is 36.2 Å². The molecule has 4 heterocycles. The number of hydrogen-bond acceptors (Lipinski definition) is 10. The van der Waals surface area contributed by atoms with Crippen molar-refractivity contribution in [1.82, 2.24) is 30.0 Å². The summed E-state index contributed by atoms with van der Waals surface area (Å²) in [5.41, 5.74) is 2.01. The van der Waals surface area contributed by atoms with Crippen LogP contribution < -0.4 is 4.74 Å². The Bertz CT molecular complexity index is 1410. The normalized spacial score (nSPS) is 11.1. The lowest BCUT2D eigenvalue weighted by molar-refractivity contribution is 0.112. The molecule has 11 nitrogen and oxygen atoms in total. The highest BCUT2D eigenvalue weighted by Gasteiger charge is 2.19. The maximum Gasteiger partial charge on any atom is 0.240 e. The fraction of sp³-hybridized carbons (Fsp3) is 0.100. The zero-order chi connectivity index (χ0) is 21.2. The van der Waals surface area contributed by atoms with Gasteiger partial charge in [-0.15, -0.1) is 15.3 Å². The quantitative estimate of drug-likeness (QED) is 0.290. The van der Waals surface area contributed by atoms with Crippen LogP contribution in [0.5, 0.6) is 5.88 Å². The van der Waals surface area contributed by atoms with E-state index < -0.39 is 0 Å². The Labute approximate surface area is 173 Å². The van der Waals surface area contributed by atoms with Crippen molar-refractivity contribution < 1.29 is 14.1 Å². The van der Waals surface area contributed by atoms with E-state index in [1.54, 1.807) is 18.2 Å². The SMILES string of the molecule is O=Cc1ccc(COc2nn3c(-c4cc(CN=O)on4)nnc3c3ccccc23)nc1. The molecule has 5 aromatic rings. The Hall–Kier alpha value is -4.54. The Kier molecular flexibility index (Phi) is 4.60. The minimum Gasteiger partial charge on any atom is -0.470 e. The number of aldehydes is 1. The van der Waals surface area contributed by atoms with Gasteiger partial charge in [-0.3, -0.25) is 9.78 Å². The summed E-state index contributed by atoms with van der Waals surface area (Å²) in [5.74, 6) is 0.993. The molecule has 11 heteroatoms. The van der Waals surface area contributed by atoms with Crippen molar-refractivity contribution in [1.29, 1.82) is 0 Å². The molecule has 1 aromatic carbocycles. The van der Waals surface area contributed by atoms with Gasteiger partial charge in [-0.2, -0.15) is 9.42 Å². The van der Waals surface area contributed by atoms with Gasteiger partial charge in [0.15, 0.2) is 23.4 Å². The van der Waals surface area contributed by atoms with Crippen LogP contribution in [0.3, 0.4) is 0 Å². The molecular weight excluding hydrogens is 402 g/mol. The molecule has 0 unspecified atom stereocenters. The van der Waals surface area contributed by atoms with Gasteiger partial charge in [0.05, 0.1) is 5.69 Å². The highest BCUT2D eigenvalue weighted by atomic mass is 16.5. The largest absolute Gasteiger partial charge is 0.470 e. The predicted octanol–water partition coefficient (Wildman–Crippen LogP) is 2.99. The van der Waals surface area contributed by atoms with Crippen LogP contribution in [0.25, 0.3) is 27.9 Å². The van der Waals surface area contributed by atoms with Gasteiger partial charge in [0.2, 0.25) is 11.7 Å². The first kappa shape index (κ1) is 18.5. The van der Waals surface area contributed by atoms with Crippen LogP contribution in [0.4, 0.5) is 0 Å². The van der Waals surface area contributed by atoms with Gasteiger partial charge in [0.25, 0.3) is 0 Å². The monoisotopic (exact) mass is 415 g/mol. The number of carbonyl (C=O) groups is 1. The van der Waals surface area contributed by atoms with Gasteiger partial charge in [-0.05, 0) is 18.2 Å². The number of carbonyl (C=O) groups excluding carboxylic acids is 1. The standard InChI is InChI=1S/C20H13N7O4/c28-10-12-5-6-13(21-8-12)11-30-20-16-4-2-1-3-15(16)18-23-24-19(27(18)25-20)17-7-14(9-22-29)31-26-17/h1-8,10H,9,11H2. The van der Waals surface area contributed by atoms with Crippen LogP contribution in [0.15, 0.2) is 58.4 Å². The Balaban J connectivity index is 1.57. The fourth-order valence-corrected chi connectivity index (χ4v) is 3.11. The minimum atomic E-state index is -0.135. The number of aromatic nitrogens is 6. The Morgan fingerprint density at radius 1 is 1.13 bits per heavy atom. The van der Waals surface area contributed by atoms with Gasteiger partial charge in [0.1, 0.15) is 13.2 Å². The summed E-state index contributed by atoms with van der Waals surface area (Å²) in [4.78, 5) is 25.5. The molecule has 0 radical (unpaired) electrons. The second-order valence-corrected chi connectivity index (χ2v) is 6.56. The van der Waals surface area contributed by atoms with E-state index in [0.29, 0.717) is 40.1 Å². The number of benzene rings is 1. The van der Waals surface area contributed by atoms with Crippen molar-refractivity contribution in [3.05, 3.63) is 70.6 Å². The first-order chi connectivity index (χ1) is 15.3. The first-order valence-corrected chi connectivity index (χ1v) is 9.19. The predicted molar refractivity (Wildman–Crippen MR) is 107 cm³/mol. The van der Waals surface area contributed by atoms with E-state index in [9.17, 15) is 9.70 Å². The van der Waals surface area contributed by atoms with E-state index in [4.69, 9.17) is 9.26 Å². The Morgan fingerprint density at radius 2 is 2.00 bits per heavy atom. The van der Waals surface area contributed by atoms with Crippen molar-refractivity contribution in [3.8, 4) is 17.4 Å². The molecule has 0 saturated carbocycles. The van der Waals surface area contributed by atoms with Crippen LogP contribution in [0.1, 0.15) is 21.8 Å². The van der Waals surface area contributed by atoms with Crippen molar-refractivity contribution in [3.63, 3.8) is 0 Å². The third-order valence-corrected chi connectivity index (χ3v) is 4.58. The van der Waals surface area contributed by atoms with Gasteiger partial charge in [0, 0.05) is 28.6 Å². The third kappa shape index (κ3) is 3.37. The zero-order valence-electron chi connectivity index (χ0n) is 15.9. The lowest BCUT2D eigenvalue weighted by Crippen LogP contribution is -2.04. The number of nitroso groups, excluding NO2 is 1. The molecule has 0 amide bonds. The highest BCUT2D eigenvalue weighted by Crippen LogP contribution is 2.29. The molecule has 0 aliphatic heterocycles. The molecule has 0 fully saturated rings. The number of pyridine rings is 1. The summed E-state index contributed by atoms with van der Waals surface area (Å²) in [6.07, 6.45) is 2.21. The van der Waals surface area contributed by atoms with Crippen molar-refractivity contribution in [2.24, 2.45) is 5.18 Å². The average Bonchev–Trinajstić information content (AvgIpc) is 3.45. The number of rotatable bonds is 7. The number of nitrogens with zero attached hydrogens (tertiary/aromatic N) is 7. The third-order valence-electron chi connectivity index (χ3n) is 4.58. The molecule has 31 heavy (non-hydrogen) atoms. The zero-order valence-corrected chi connectivity index (χ0v) is 15.9. The summed E-state index contributed by atoms with van der Waals surface area (Å²) in [5, 5.41) is 21.3. The molecule has 0 aliphatic carbocycles. The molecule has 0 N–H and O–H groups in total. The Morgan fingerprint density at radius 3 is 2.77 bits per heavy atom. The number of fused-ring (bicyclic) bond motifs is 3. The minimum absolute atomic E-state index is 0.135. The molecule has 4 aromatic heterocycles. The first-order valence-electron chi connectivity index (χ1n) is 9.19. The van der Waals surface area contributed by atoms with Gasteiger partial charge in [-0.1, -0.05) is 28.5 Å². The maximum atomic E-state index is 10.8. The summed E-state index contributed by atoms with van der Waals surface area (Å²) < 4.78 is 12.6. The topological polar surface area (TPSA) is 138 Å². The molecule has 0 atom stereocenters. The average molecular weight is 415 g/mol. The molecule has 0 spiro atoms. The van der Waals surface area contributed by atoms with E-state index in [-0.39, 0.29) is 13.2 Å². The number of hydrogen-bond donors (Lipinski definition) is 0. The smallest absolute Gasteiger partial charge is 0.240 e. The van der Waals surface area contributed by atoms with Crippen molar-refractivity contribution in [2.45, 2.75) is 13.2 Å². The summed E-state index contributed by atoms with van der Waals surface area (Å²) in [6, 6.07) is 12.5. The highest BCUT2D eigenvalue weighted by molar-refractivity contribution is 5.96. The fourth-order valence-electron chi connectivity index (χ4n) is 3.11. The van der Waals surface area contributed by atoms with Crippen LogP contribution in [-0.2, 0) is 13.2 Å². The van der Waals surface area contributed by atoms with Gasteiger partial charge >= 0.3 is 0 Å². The van der Waals surface area contributed by atoms with Crippen LogP contribution in [0.2, 0.25) is 0 Å². The van der Waals surface area contributed by atoms with Gasteiger partial charge in [-0.25, -0.2) is 0 Å². The van der Waals surface area contributed by atoms with Crippen molar-refractivity contribution in [2.75, 3.05) is 0 Å². The van der Waals surface area contributed by atoms with Crippen molar-refractivity contribution >= 4 is 22.7 Å². The van der Waals surface area contributed by atoms with Crippen LogP contribution in [0, 0.1) is 4.91 Å². The van der Waals surface area contributed by atoms with E-state index in [1.807, 2.05) is 24.3 Å². The number of ether oxygens (including phenoxy) is 1. The summed E-state index contributed by atoms with van der Waals surface area (Å²) in [6.45, 7) is 0.0164. The lowest BCUT2D eigenvalue weighted by atomic mass is 10.2. The van der Waals surface area contributed by atoms with Crippen LogP contribution >= 0.6 is 0 Å². The van der Waals surface area contributed by atoms with E-state index in [2.05, 4.69) is 30.6 Å². The maximum absolute atomic E-state index is 10.8. The summed E-state index contributed by atoms with van der Waals surface area (Å²) >= 11 is 0. The molecule has 5 rings (SSSR count).